The number of carbonyl (C=O) groups is 2. The van der Waals surface area contributed by atoms with Crippen LogP contribution >= 0.6 is 0 Å². The van der Waals surface area contributed by atoms with Gasteiger partial charge in [-0.05, 0) is 62.6 Å². The number of ether oxygens (including phenoxy) is 2. The van der Waals surface area contributed by atoms with Gasteiger partial charge in [-0.2, -0.15) is 0 Å². The van der Waals surface area contributed by atoms with Gasteiger partial charge >= 0.3 is 0 Å². The quantitative estimate of drug-likeness (QED) is 0.678. The minimum Gasteiger partial charge on any atom is -0.454 e. The van der Waals surface area contributed by atoms with E-state index in [0.29, 0.717) is 31.1 Å². The van der Waals surface area contributed by atoms with E-state index in [1.165, 1.54) is 0 Å². The fourth-order valence-electron chi connectivity index (χ4n) is 4.40. The van der Waals surface area contributed by atoms with Crippen molar-refractivity contribution in [2.75, 3.05) is 13.3 Å². The van der Waals surface area contributed by atoms with Crippen LogP contribution in [0.5, 0.6) is 11.5 Å². The second-order valence-electron chi connectivity index (χ2n) is 8.83. The Hall–Kier alpha value is -3.10. The summed E-state index contributed by atoms with van der Waals surface area (Å²) in [6, 6.07) is 6.36. The lowest BCUT2D eigenvalue weighted by Gasteiger charge is -2.36. The van der Waals surface area contributed by atoms with Gasteiger partial charge in [-0.1, -0.05) is 11.3 Å². The Kier molecular flexibility index (Phi) is 5.96. The Labute approximate surface area is 187 Å². The molecule has 0 radical (unpaired) electrons. The first-order chi connectivity index (χ1) is 15.7. The minimum absolute atomic E-state index is 0.156. The smallest absolute Gasteiger partial charge is 0.273 e. The molecule has 170 valence electrons. The summed E-state index contributed by atoms with van der Waals surface area (Å²) in [6.07, 6.45) is 8.92. The number of amides is 2. The van der Waals surface area contributed by atoms with E-state index in [1.807, 2.05) is 23.1 Å². The lowest BCUT2D eigenvalue weighted by molar-refractivity contribution is -0.135. The molecule has 1 aromatic carbocycles. The molecular formula is C23H29N5O4. The van der Waals surface area contributed by atoms with E-state index in [1.54, 1.807) is 10.9 Å². The van der Waals surface area contributed by atoms with E-state index in [2.05, 4.69) is 15.6 Å². The molecular weight excluding hydrogens is 410 g/mol. The summed E-state index contributed by atoms with van der Waals surface area (Å²) in [4.78, 5) is 27.2. The van der Waals surface area contributed by atoms with Crippen LogP contribution < -0.4 is 14.8 Å². The fraction of sp³-hybridized carbons (Fsp3) is 0.565. The molecule has 9 heteroatoms. The number of carbonyl (C=O) groups excluding carboxylic acids is 2. The maximum atomic E-state index is 13.0. The van der Waals surface area contributed by atoms with Crippen molar-refractivity contribution in [1.29, 1.82) is 0 Å². The van der Waals surface area contributed by atoms with Crippen LogP contribution in [0, 0.1) is 0 Å². The number of hydrogen-bond acceptors (Lipinski definition) is 6. The molecule has 5 rings (SSSR count). The Morgan fingerprint density at radius 1 is 1.12 bits per heavy atom. The fourth-order valence-corrected chi connectivity index (χ4v) is 4.40. The molecule has 2 aliphatic heterocycles. The molecule has 0 bridgehead atoms. The highest BCUT2D eigenvalue weighted by atomic mass is 16.7. The second-order valence-corrected chi connectivity index (χ2v) is 8.83. The third-order valence-electron chi connectivity index (χ3n) is 6.39. The van der Waals surface area contributed by atoms with Gasteiger partial charge in [0, 0.05) is 31.6 Å². The number of piperidine rings is 1. The van der Waals surface area contributed by atoms with Crippen LogP contribution in [0.1, 0.15) is 61.0 Å². The van der Waals surface area contributed by atoms with Crippen LogP contribution in [-0.4, -0.2) is 57.1 Å². The van der Waals surface area contributed by atoms with Gasteiger partial charge in [-0.25, -0.2) is 0 Å². The number of aryl methyl sites for hydroxylation is 2. The normalized spacial score (nSPS) is 19.8. The summed E-state index contributed by atoms with van der Waals surface area (Å²) >= 11 is 0. The zero-order valence-corrected chi connectivity index (χ0v) is 18.2. The summed E-state index contributed by atoms with van der Waals surface area (Å²) in [5.74, 6) is 1.55. The van der Waals surface area contributed by atoms with Gasteiger partial charge in [0.05, 0.1) is 6.20 Å². The molecule has 1 atom stereocenters. The summed E-state index contributed by atoms with van der Waals surface area (Å²) in [5, 5.41) is 11.0. The Bertz CT molecular complexity index is 987. The minimum atomic E-state index is -0.156. The van der Waals surface area contributed by atoms with Crippen molar-refractivity contribution in [2.24, 2.45) is 0 Å². The van der Waals surface area contributed by atoms with E-state index in [9.17, 15) is 9.59 Å². The second kappa shape index (κ2) is 9.18. The van der Waals surface area contributed by atoms with Gasteiger partial charge in [0.25, 0.3) is 5.91 Å². The number of aromatic nitrogens is 3. The van der Waals surface area contributed by atoms with Gasteiger partial charge in [-0.3, -0.25) is 14.3 Å². The van der Waals surface area contributed by atoms with Crippen LogP contribution in [0.15, 0.2) is 24.4 Å². The predicted octanol–water partition coefficient (Wildman–Crippen LogP) is 2.30. The summed E-state index contributed by atoms with van der Waals surface area (Å²) in [7, 11) is 0. The van der Waals surface area contributed by atoms with E-state index >= 15 is 0 Å². The third kappa shape index (κ3) is 4.87. The van der Waals surface area contributed by atoms with Crippen molar-refractivity contribution >= 4 is 11.8 Å². The maximum Gasteiger partial charge on any atom is 0.273 e. The number of nitrogens with one attached hydrogen (secondary N) is 1. The first kappa shape index (κ1) is 20.8. The average molecular weight is 440 g/mol. The van der Waals surface area contributed by atoms with Gasteiger partial charge in [0.15, 0.2) is 17.2 Å². The molecule has 9 nitrogen and oxygen atoms in total. The van der Waals surface area contributed by atoms with Crippen LogP contribution in [0.25, 0.3) is 0 Å². The highest BCUT2D eigenvalue weighted by Crippen LogP contribution is 2.33. The highest BCUT2D eigenvalue weighted by Gasteiger charge is 2.27. The topological polar surface area (TPSA) is 98.6 Å². The molecule has 1 saturated heterocycles. The molecule has 2 amide bonds. The van der Waals surface area contributed by atoms with Crippen molar-refractivity contribution in [3.63, 3.8) is 0 Å². The zero-order chi connectivity index (χ0) is 21.9. The van der Waals surface area contributed by atoms with Gasteiger partial charge in [0.1, 0.15) is 0 Å². The number of nitrogens with zero attached hydrogens (tertiary/aromatic N) is 4. The van der Waals surface area contributed by atoms with Crippen LogP contribution in [0.2, 0.25) is 0 Å². The molecule has 2 aromatic rings. The third-order valence-corrected chi connectivity index (χ3v) is 6.39. The SMILES string of the molecule is O=C(NC1CC1)c1cn(CC[C@H]2CCCCN2C(=O)CCc2ccc3c(c2)OCO3)nn1. The molecule has 1 N–H and O–H groups in total. The Balaban J connectivity index is 1.13. The molecule has 1 saturated carbocycles. The Morgan fingerprint density at radius 3 is 2.88 bits per heavy atom. The lowest BCUT2D eigenvalue weighted by Crippen LogP contribution is -2.44. The van der Waals surface area contributed by atoms with E-state index in [-0.39, 0.29) is 24.6 Å². The largest absolute Gasteiger partial charge is 0.454 e. The molecule has 1 aliphatic carbocycles. The lowest BCUT2D eigenvalue weighted by atomic mass is 9.98. The molecule has 0 unspecified atom stereocenters. The molecule has 1 aromatic heterocycles. The van der Waals surface area contributed by atoms with Crippen LogP contribution in [0.4, 0.5) is 0 Å². The summed E-state index contributed by atoms with van der Waals surface area (Å²) in [5.41, 5.74) is 1.44. The molecule has 3 heterocycles. The van der Waals surface area contributed by atoms with Gasteiger partial charge < -0.3 is 19.7 Å². The van der Waals surface area contributed by atoms with Crippen LogP contribution in [0.3, 0.4) is 0 Å². The van der Waals surface area contributed by atoms with Crippen molar-refractivity contribution in [2.45, 2.75) is 70.0 Å². The van der Waals surface area contributed by atoms with Crippen molar-refractivity contribution in [3.05, 3.63) is 35.7 Å². The number of benzene rings is 1. The molecule has 2 fully saturated rings. The number of rotatable bonds is 8. The van der Waals surface area contributed by atoms with Gasteiger partial charge in [0.2, 0.25) is 12.7 Å². The van der Waals surface area contributed by atoms with E-state index in [4.69, 9.17) is 9.47 Å². The Morgan fingerprint density at radius 2 is 2.00 bits per heavy atom. The number of hydrogen-bond donors (Lipinski definition) is 1. The molecule has 0 spiro atoms. The van der Waals surface area contributed by atoms with E-state index in [0.717, 1.165) is 62.1 Å². The molecule has 3 aliphatic rings. The van der Waals surface area contributed by atoms with Crippen molar-refractivity contribution in [3.8, 4) is 11.5 Å². The van der Waals surface area contributed by atoms with Crippen LogP contribution in [-0.2, 0) is 17.8 Å². The first-order valence-corrected chi connectivity index (χ1v) is 11.5. The number of likely N-dealkylation sites (tertiary alicyclic amines) is 1. The number of fused-ring (bicyclic) bond motifs is 1. The molecule has 32 heavy (non-hydrogen) atoms. The summed E-state index contributed by atoms with van der Waals surface area (Å²) < 4.78 is 12.5. The van der Waals surface area contributed by atoms with Crippen molar-refractivity contribution < 1.29 is 19.1 Å². The standard InChI is InChI=1S/C23H29N5O4/c29-22(9-5-16-4-8-20-21(13-16)32-15-31-20)28-11-2-1-3-18(28)10-12-27-14-19(25-26-27)23(30)24-17-6-7-17/h4,8,13-14,17-18H,1-3,5-7,9-12,15H2,(H,24,30)/t18-/m1/s1. The highest BCUT2D eigenvalue weighted by molar-refractivity contribution is 5.92. The van der Waals surface area contributed by atoms with E-state index < -0.39 is 0 Å². The first-order valence-electron chi connectivity index (χ1n) is 11.5. The predicted molar refractivity (Wildman–Crippen MR) is 115 cm³/mol. The monoisotopic (exact) mass is 439 g/mol. The zero-order valence-electron chi connectivity index (χ0n) is 18.2. The summed E-state index contributed by atoms with van der Waals surface area (Å²) in [6.45, 7) is 1.70. The average Bonchev–Trinajstić information content (AvgIpc) is 3.30. The van der Waals surface area contributed by atoms with Crippen molar-refractivity contribution in [1.82, 2.24) is 25.2 Å². The van der Waals surface area contributed by atoms with Gasteiger partial charge in [-0.15, -0.1) is 5.10 Å². The maximum absolute atomic E-state index is 13.0.